The van der Waals surface area contributed by atoms with Gasteiger partial charge in [-0.05, 0) is 13.0 Å². The first-order valence-corrected chi connectivity index (χ1v) is 9.41. The molecule has 7 heteroatoms. The van der Waals surface area contributed by atoms with Gasteiger partial charge in [-0.15, -0.1) is 0 Å². The van der Waals surface area contributed by atoms with Gasteiger partial charge in [-0.25, -0.2) is 4.98 Å². The molecular weight excluding hydrogens is 354 g/mol. The van der Waals surface area contributed by atoms with Crippen LogP contribution in [0.5, 0.6) is 0 Å². The highest BCUT2D eigenvalue weighted by molar-refractivity contribution is 5.94. The lowest BCUT2D eigenvalue weighted by Gasteiger charge is -2.26. The number of allylic oxidation sites excluding steroid dienone is 3. The molecule has 0 spiro atoms. The monoisotopic (exact) mass is 385 g/mol. The van der Waals surface area contributed by atoms with Crippen molar-refractivity contribution in [3.05, 3.63) is 53.6 Å². The van der Waals surface area contributed by atoms with Gasteiger partial charge in [-0.3, -0.25) is 9.59 Å². The van der Waals surface area contributed by atoms with E-state index in [0.29, 0.717) is 18.4 Å². The molecule has 0 radical (unpaired) electrons. The van der Waals surface area contributed by atoms with Gasteiger partial charge >= 0.3 is 0 Å². The van der Waals surface area contributed by atoms with Crippen molar-refractivity contribution < 1.29 is 9.59 Å². The summed E-state index contributed by atoms with van der Waals surface area (Å²) >= 11 is 0. The molecule has 0 aromatic carbocycles. The highest BCUT2D eigenvalue weighted by Crippen LogP contribution is 2.07. The summed E-state index contributed by atoms with van der Waals surface area (Å²) in [5.74, 6) is -0.138. The summed E-state index contributed by atoms with van der Waals surface area (Å²) in [6.07, 6.45) is 7.09. The highest BCUT2D eigenvalue weighted by atomic mass is 16.2. The number of hydrogen-bond acceptors (Lipinski definition) is 4. The first kappa shape index (κ1) is 23.0. The molecule has 0 bridgehead atoms. The van der Waals surface area contributed by atoms with Gasteiger partial charge in [0.1, 0.15) is 6.54 Å². The first-order valence-electron chi connectivity index (χ1n) is 9.41. The topological polar surface area (TPSA) is 79.3 Å². The van der Waals surface area contributed by atoms with E-state index < -0.39 is 0 Å². The molecule has 0 atom stereocenters. The summed E-state index contributed by atoms with van der Waals surface area (Å²) in [6, 6.07) is 0. The normalized spacial score (nSPS) is 15.9. The Balaban J connectivity index is 0.00000190. The molecule has 0 unspecified atom stereocenters. The Morgan fingerprint density at radius 3 is 2.50 bits per heavy atom. The standard InChI is InChI=1S/C19H25N5O2.C2H6/c1-6-9-14(20-4)13(7-2)17-15(8-3)23(5)18(22-17)19(26)24-11-10-21-16(25)12-24;1-2/h6-9,20H,1-2,10-12H2,3-5H3,(H,21,25);1-2H3/b14-9-,15-8+,17-13-;. The Hall–Kier alpha value is -3.09. The van der Waals surface area contributed by atoms with Gasteiger partial charge in [0.2, 0.25) is 5.91 Å². The molecule has 7 nitrogen and oxygen atoms in total. The zero-order chi connectivity index (χ0) is 21.3. The quantitative estimate of drug-likeness (QED) is 0.721. The van der Waals surface area contributed by atoms with Crippen molar-refractivity contribution in [1.29, 1.82) is 0 Å². The van der Waals surface area contributed by atoms with Gasteiger partial charge in [0.05, 0.1) is 10.7 Å². The van der Waals surface area contributed by atoms with Crippen LogP contribution in [-0.4, -0.2) is 52.9 Å². The lowest BCUT2D eigenvalue weighted by molar-refractivity contribution is -0.123. The summed E-state index contributed by atoms with van der Waals surface area (Å²) in [4.78, 5) is 30.6. The third-order valence-corrected chi connectivity index (χ3v) is 4.23. The molecule has 2 rings (SSSR count). The largest absolute Gasteiger partial charge is 0.388 e. The molecule has 1 aliphatic rings. The Kier molecular flexibility index (Phi) is 8.95. The van der Waals surface area contributed by atoms with E-state index in [4.69, 9.17) is 0 Å². The van der Waals surface area contributed by atoms with Crippen LogP contribution >= 0.6 is 0 Å². The molecule has 1 aliphatic heterocycles. The van der Waals surface area contributed by atoms with Crippen LogP contribution < -0.4 is 21.3 Å². The minimum absolute atomic E-state index is 0.0440. The molecule has 0 saturated carbocycles. The van der Waals surface area contributed by atoms with Gasteiger partial charge in [-0.2, -0.15) is 0 Å². The smallest absolute Gasteiger partial charge is 0.290 e. The van der Waals surface area contributed by atoms with Crippen molar-refractivity contribution in [2.75, 3.05) is 26.7 Å². The van der Waals surface area contributed by atoms with Crippen molar-refractivity contribution in [1.82, 2.24) is 25.1 Å². The third-order valence-electron chi connectivity index (χ3n) is 4.23. The molecule has 28 heavy (non-hydrogen) atoms. The summed E-state index contributed by atoms with van der Waals surface area (Å²) in [6.45, 7) is 14.5. The molecule has 1 aromatic heterocycles. The van der Waals surface area contributed by atoms with Crippen LogP contribution in [0.3, 0.4) is 0 Å². The maximum atomic E-state index is 12.9. The van der Waals surface area contributed by atoms with Gasteiger partial charge in [0, 0.05) is 38.5 Å². The fourth-order valence-corrected chi connectivity index (χ4v) is 2.94. The minimum Gasteiger partial charge on any atom is -0.388 e. The molecule has 1 saturated heterocycles. The van der Waals surface area contributed by atoms with Gasteiger partial charge in [0.15, 0.2) is 5.82 Å². The molecular formula is C21H31N5O2. The Labute approximate surface area is 166 Å². The van der Waals surface area contributed by atoms with Crippen LogP contribution in [-0.2, 0) is 11.8 Å². The number of imidazole rings is 1. The van der Waals surface area contributed by atoms with E-state index in [0.717, 1.165) is 16.6 Å². The lowest BCUT2D eigenvalue weighted by atomic mass is 10.1. The summed E-state index contributed by atoms with van der Waals surface area (Å²) in [7, 11) is 3.59. The maximum Gasteiger partial charge on any atom is 0.290 e. The first-order chi connectivity index (χ1) is 13.5. The Bertz CT molecular complexity index is 893. The van der Waals surface area contributed by atoms with Crippen molar-refractivity contribution in [3.63, 3.8) is 0 Å². The summed E-state index contributed by atoms with van der Waals surface area (Å²) in [5, 5.41) is 7.27. The van der Waals surface area contributed by atoms with E-state index >= 15 is 0 Å². The van der Waals surface area contributed by atoms with Gasteiger partial charge in [0.25, 0.3) is 5.91 Å². The molecule has 0 aliphatic carbocycles. The number of amides is 2. The Morgan fingerprint density at radius 2 is 2.00 bits per heavy atom. The number of piperazine rings is 1. The van der Waals surface area contributed by atoms with Crippen molar-refractivity contribution in [3.8, 4) is 0 Å². The predicted molar refractivity (Wildman–Crippen MR) is 114 cm³/mol. The second-order valence-corrected chi connectivity index (χ2v) is 5.78. The van der Waals surface area contributed by atoms with E-state index in [1.54, 1.807) is 30.8 Å². The van der Waals surface area contributed by atoms with E-state index in [9.17, 15) is 9.59 Å². The molecule has 1 fully saturated rings. The van der Waals surface area contributed by atoms with Crippen molar-refractivity contribution in [2.45, 2.75) is 20.8 Å². The third kappa shape index (κ3) is 4.79. The SMILES string of the molecule is C=C/C=C(NC)/C(C=C)=c1\nc(C(=O)N2CCNC(=O)C2)n(C)\c1=C\C.CC. The van der Waals surface area contributed by atoms with Crippen LogP contribution in [0.1, 0.15) is 31.4 Å². The highest BCUT2D eigenvalue weighted by Gasteiger charge is 2.26. The summed E-state index contributed by atoms with van der Waals surface area (Å²) < 4.78 is 1.74. The van der Waals surface area contributed by atoms with Crippen LogP contribution in [0, 0.1) is 0 Å². The number of carbonyl (C=O) groups excluding carboxylic acids is 2. The van der Waals surface area contributed by atoms with E-state index in [-0.39, 0.29) is 24.2 Å². The van der Waals surface area contributed by atoms with E-state index in [1.807, 2.05) is 32.9 Å². The number of rotatable bonds is 5. The minimum atomic E-state index is -0.265. The van der Waals surface area contributed by atoms with Crippen LogP contribution in [0.25, 0.3) is 11.6 Å². The number of aromatic nitrogens is 2. The zero-order valence-corrected chi connectivity index (χ0v) is 17.5. The number of nitrogens with one attached hydrogen (secondary N) is 2. The maximum absolute atomic E-state index is 12.9. The van der Waals surface area contributed by atoms with E-state index in [1.165, 1.54) is 4.90 Å². The summed E-state index contributed by atoms with van der Waals surface area (Å²) in [5.41, 5.74) is 1.57. The number of hydrogen-bond donors (Lipinski definition) is 2. The molecule has 1 aromatic rings. The van der Waals surface area contributed by atoms with Crippen molar-refractivity contribution >= 4 is 23.5 Å². The second kappa shape index (κ2) is 10.9. The molecule has 152 valence electrons. The van der Waals surface area contributed by atoms with Crippen molar-refractivity contribution in [2.24, 2.45) is 7.05 Å². The van der Waals surface area contributed by atoms with Gasteiger partial charge in [-0.1, -0.05) is 45.2 Å². The van der Waals surface area contributed by atoms with Crippen LogP contribution in [0.4, 0.5) is 0 Å². The fourth-order valence-electron chi connectivity index (χ4n) is 2.94. The van der Waals surface area contributed by atoms with E-state index in [2.05, 4.69) is 28.8 Å². The fraction of sp³-hybridized carbons (Fsp3) is 0.381. The molecule has 2 amide bonds. The zero-order valence-electron chi connectivity index (χ0n) is 17.5. The Morgan fingerprint density at radius 1 is 1.32 bits per heavy atom. The van der Waals surface area contributed by atoms with Crippen LogP contribution in [0.2, 0.25) is 0 Å². The number of carbonyl (C=O) groups is 2. The number of nitrogens with zero attached hydrogens (tertiary/aromatic N) is 3. The van der Waals surface area contributed by atoms with Crippen LogP contribution in [0.15, 0.2) is 37.1 Å². The molecule has 2 heterocycles. The average Bonchev–Trinajstić information content (AvgIpc) is 3.04. The second-order valence-electron chi connectivity index (χ2n) is 5.78. The predicted octanol–water partition coefficient (Wildman–Crippen LogP) is 0.445. The average molecular weight is 386 g/mol. The molecule has 2 N–H and O–H groups in total. The lowest BCUT2D eigenvalue weighted by Crippen LogP contribution is -2.50. The van der Waals surface area contributed by atoms with Gasteiger partial charge < -0.3 is 20.1 Å².